The molecule has 0 N–H and O–H groups in total. The van der Waals surface area contributed by atoms with Gasteiger partial charge in [-0.15, -0.1) is 0 Å². The smallest absolute Gasteiger partial charge is 0.158 e. The first-order valence-electron chi connectivity index (χ1n) is 4.73. The van der Waals surface area contributed by atoms with E-state index in [1.165, 1.54) is 0 Å². The normalized spacial score (nSPS) is 28.6. The second-order valence-corrected chi connectivity index (χ2v) is 3.96. The van der Waals surface area contributed by atoms with Gasteiger partial charge in [0.25, 0.3) is 0 Å². The molecule has 1 aliphatic heterocycles. The number of aryl methyl sites for hydroxylation is 1. The number of hydrogen-bond donors (Lipinski definition) is 0. The molecule has 1 atom stereocenters. The van der Waals surface area contributed by atoms with E-state index in [1.54, 1.807) is 6.20 Å². The van der Waals surface area contributed by atoms with E-state index in [0.29, 0.717) is 6.42 Å². The van der Waals surface area contributed by atoms with Crippen LogP contribution in [0.4, 0.5) is 0 Å². The summed E-state index contributed by atoms with van der Waals surface area (Å²) in [7, 11) is 1.96. The van der Waals surface area contributed by atoms with Crippen LogP contribution in [-0.4, -0.2) is 29.4 Å². The molecule has 1 aromatic rings. The molecule has 76 valence electrons. The van der Waals surface area contributed by atoms with Crippen LogP contribution >= 0.6 is 0 Å². The summed E-state index contributed by atoms with van der Waals surface area (Å²) in [5.41, 5.74) is 0.354. The van der Waals surface area contributed by atoms with Crippen molar-refractivity contribution in [2.75, 3.05) is 13.6 Å². The predicted molar refractivity (Wildman–Crippen MR) is 50.8 cm³/mol. The quantitative estimate of drug-likeness (QED) is 0.671. The fourth-order valence-corrected chi connectivity index (χ4v) is 2.07. The molecule has 4 nitrogen and oxygen atoms in total. The molecule has 2 rings (SSSR count). The van der Waals surface area contributed by atoms with Crippen molar-refractivity contribution >= 4 is 5.78 Å². The number of carbonyl (C=O) groups excluding carboxylic acids is 1. The zero-order valence-corrected chi connectivity index (χ0v) is 8.70. The molecule has 0 spiro atoms. The zero-order valence-electron chi connectivity index (χ0n) is 8.70. The van der Waals surface area contributed by atoms with Crippen LogP contribution in [0.5, 0.6) is 0 Å². The number of likely N-dealkylation sites (tertiary alicyclic amines) is 1. The van der Waals surface area contributed by atoms with Crippen LogP contribution in [0.25, 0.3) is 0 Å². The molecule has 0 bridgehead atoms. The number of Topliss-reactive ketones (excluding diaryl/α,β-unsaturated/α-hetero) is 1. The lowest BCUT2D eigenvalue weighted by atomic mass is 9.89. The van der Waals surface area contributed by atoms with Crippen LogP contribution in [0.15, 0.2) is 10.7 Å². The Hall–Kier alpha value is -1.16. The van der Waals surface area contributed by atoms with E-state index in [9.17, 15) is 4.79 Å². The van der Waals surface area contributed by atoms with Crippen LogP contribution in [0.1, 0.15) is 24.7 Å². The molecule has 1 aliphatic rings. The minimum Gasteiger partial charge on any atom is -0.361 e. The lowest BCUT2D eigenvalue weighted by Gasteiger charge is -2.29. The van der Waals surface area contributed by atoms with Gasteiger partial charge >= 0.3 is 0 Å². The van der Waals surface area contributed by atoms with Gasteiger partial charge in [-0.2, -0.15) is 0 Å². The second kappa shape index (κ2) is 2.92. The summed E-state index contributed by atoms with van der Waals surface area (Å²) in [6.45, 7) is 4.58. The van der Waals surface area contributed by atoms with E-state index in [4.69, 9.17) is 4.52 Å². The van der Waals surface area contributed by atoms with Gasteiger partial charge in [-0.25, -0.2) is 0 Å². The SMILES string of the molecule is Cc1oncc1C1(C)C(=O)CCN1C. The third kappa shape index (κ3) is 1.04. The van der Waals surface area contributed by atoms with Gasteiger partial charge in [-0.1, -0.05) is 5.16 Å². The summed E-state index contributed by atoms with van der Waals surface area (Å²) in [5, 5.41) is 3.73. The fourth-order valence-electron chi connectivity index (χ4n) is 2.07. The van der Waals surface area contributed by atoms with E-state index < -0.39 is 5.54 Å². The third-order valence-corrected chi connectivity index (χ3v) is 3.26. The zero-order chi connectivity index (χ0) is 10.3. The molecule has 0 saturated carbocycles. The lowest BCUT2D eigenvalue weighted by molar-refractivity contribution is -0.124. The monoisotopic (exact) mass is 194 g/mol. The molecule has 1 unspecified atom stereocenters. The minimum absolute atomic E-state index is 0.242. The molecule has 0 aromatic carbocycles. The maximum atomic E-state index is 11.8. The van der Waals surface area contributed by atoms with Crippen molar-refractivity contribution in [3.63, 3.8) is 0 Å². The van der Waals surface area contributed by atoms with Gasteiger partial charge in [0, 0.05) is 18.5 Å². The highest BCUT2D eigenvalue weighted by molar-refractivity contribution is 5.91. The molecule has 14 heavy (non-hydrogen) atoms. The predicted octanol–water partition coefficient (Wildman–Crippen LogP) is 1.10. The summed E-state index contributed by atoms with van der Waals surface area (Å²) < 4.78 is 5.01. The van der Waals surface area contributed by atoms with Crippen molar-refractivity contribution in [1.29, 1.82) is 0 Å². The standard InChI is InChI=1S/C10H14N2O2/c1-7-8(6-11-14-7)10(2)9(13)4-5-12(10)3/h6H,4-5H2,1-3H3. The first kappa shape index (κ1) is 9.40. The van der Waals surface area contributed by atoms with Crippen molar-refractivity contribution < 1.29 is 9.32 Å². The Bertz CT molecular complexity index is 372. The average Bonchev–Trinajstić information content (AvgIpc) is 2.67. The highest BCUT2D eigenvalue weighted by atomic mass is 16.5. The molecule has 1 aromatic heterocycles. The van der Waals surface area contributed by atoms with E-state index in [2.05, 4.69) is 10.1 Å². The van der Waals surface area contributed by atoms with E-state index >= 15 is 0 Å². The minimum atomic E-state index is -0.538. The van der Waals surface area contributed by atoms with Crippen molar-refractivity contribution in [1.82, 2.24) is 10.1 Å². The summed E-state index contributed by atoms with van der Waals surface area (Å²) in [4.78, 5) is 13.9. The second-order valence-electron chi connectivity index (χ2n) is 3.96. The van der Waals surface area contributed by atoms with Crippen molar-refractivity contribution in [2.45, 2.75) is 25.8 Å². The Morgan fingerprint density at radius 3 is 2.79 bits per heavy atom. The highest BCUT2D eigenvalue weighted by Crippen LogP contribution is 2.35. The Morgan fingerprint density at radius 1 is 1.64 bits per heavy atom. The Balaban J connectivity index is 2.50. The van der Waals surface area contributed by atoms with Gasteiger partial charge in [0.05, 0.1) is 6.20 Å². The Labute approximate surface area is 82.9 Å². The van der Waals surface area contributed by atoms with Gasteiger partial charge < -0.3 is 4.52 Å². The maximum absolute atomic E-state index is 11.8. The van der Waals surface area contributed by atoms with Crippen molar-refractivity contribution in [3.8, 4) is 0 Å². The molecule has 4 heteroatoms. The van der Waals surface area contributed by atoms with Crippen LogP contribution in [-0.2, 0) is 10.3 Å². The van der Waals surface area contributed by atoms with Gasteiger partial charge in [0.15, 0.2) is 5.78 Å². The van der Waals surface area contributed by atoms with Crippen LogP contribution in [0.2, 0.25) is 0 Å². The molecule has 0 radical (unpaired) electrons. The topological polar surface area (TPSA) is 46.3 Å². The molecule has 0 aliphatic carbocycles. The number of likely N-dealkylation sites (N-methyl/N-ethyl adjacent to an activating group) is 1. The summed E-state index contributed by atoms with van der Waals surface area (Å²) in [6.07, 6.45) is 2.26. The highest BCUT2D eigenvalue weighted by Gasteiger charge is 2.45. The van der Waals surface area contributed by atoms with Crippen molar-refractivity contribution in [3.05, 3.63) is 17.5 Å². The fraction of sp³-hybridized carbons (Fsp3) is 0.600. The number of aromatic nitrogens is 1. The number of ketones is 1. The summed E-state index contributed by atoms with van der Waals surface area (Å²) in [6, 6.07) is 0. The first-order valence-corrected chi connectivity index (χ1v) is 4.73. The molecule has 1 fully saturated rings. The number of hydrogen-bond acceptors (Lipinski definition) is 4. The van der Waals surface area contributed by atoms with Gasteiger partial charge in [0.2, 0.25) is 0 Å². The van der Waals surface area contributed by atoms with Crippen molar-refractivity contribution in [2.24, 2.45) is 0 Å². The molecule has 1 saturated heterocycles. The van der Waals surface area contributed by atoms with E-state index in [0.717, 1.165) is 17.9 Å². The largest absolute Gasteiger partial charge is 0.361 e. The number of rotatable bonds is 1. The van der Waals surface area contributed by atoms with E-state index in [1.807, 2.05) is 20.9 Å². The maximum Gasteiger partial charge on any atom is 0.158 e. The van der Waals surface area contributed by atoms with Crippen LogP contribution < -0.4 is 0 Å². The Morgan fingerprint density at radius 2 is 2.36 bits per heavy atom. The number of carbonyl (C=O) groups is 1. The van der Waals surface area contributed by atoms with Crippen LogP contribution in [0.3, 0.4) is 0 Å². The number of nitrogens with zero attached hydrogens (tertiary/aromatic N) is 2. The van der Waals surface area contributed by atoms with Gasteiger partial charge in [0.1, 0.15) is 11.3 Å². The molecule has 2 heterocycles. The summed E-state index contributed by atoms with van der Waals surface area (Å²) >= 11 is 0. The average molecular weight is 194 g/mol. The first-order chi connectivity index (χ1) is 6.56. The molecule has 0 amide bonds. The lowest BCUT2D eigenvalue weighted by Crippen LogP contribution is -2.40. The Kier molecular flexibility index (Phi) is 1.96. The molecular formula is C10H14N2O2. The molecular weight excluding hydrogens is 180 g/mol. The van der Waals surface area contributed by atoms with E-state index in [-0.39, 0.29) is 5.78 Å². The third-order valence-electron chi connectivity index (χ3n) is 3.26. The summed E-state index contributed by atoms with van der Waals surface area (Å²) in [5.74, 6) is 0.973. The van der Waals surface area contributed by atoms with Crippen LogP contribution in [0, 0.1) is 6.92 Å². The van der Waals surface area contributed by atoms with Gasteiger partial charge in [-0.05, 0) is 20.9 Å². The van der Waals surface area contributed by atoms with Gasteiger partial charge in [-0.3, -0.25) is 9.69 Å².